The van der Waals surface area contributed by atoms with Gasteiger partial charge in [-0.3, -0.25) is 0 Å². The Morgan fingerprint density at radius 3 is 2.32 bits per heavy atom. The van der Waals surface area contributed by atoms with Crippen LogP contribution < -0.4 is 0 Å². The second-order valence-corrected chi connectivity index (χ2v) is 7.20. The summed E-state index contributed by atoms with van der Waals surface area (Å²) in [4.78, 5) is 12.5. The molecule has 1 N–H and O–H groups in total. The lowest BCUT2D eigenvalue weighted by Crippen LogP contribution is -2.41. The lowest BCUT2D eigenvalue weighted by atomic mass is 9.63. The van der Waals surface area contributed by atoms with Crippen LogP contribution in [0.4, 0.5) is 4.79 Å². The number of carbonyl (C=O) groups is 1. The molecule has 2 aliphatic heterocycles. The van der Waals surface area contributed by atoms with Crippen molar-refractivity contribution in [2.75, 3.05) is 13.1 Å². The molecule has 0 aromatic carbocycles. The number of likely N-dealkylation sites (tertiary alicyclic amines) is 1. The van der Waals surface area contributed by atoms with E-state index in [1.807, 2.05) is 0 Å². The predicted molar refractivity (Wildman–Crippen MR) is 71.1 cm³/mol. The maximum atomic E-state index is 11.0. The molecule has 2 heterocycles. The molecule has 1 saturated carbocycles. The third kappa shape index (κ3) is 1.80. The first-order valence-corrected chi connectivity index (χ1v) is 7.01. The molecule has 3 fully saturated rings. The van der Waals surface area contributed by atoms with Gasteiger partial charge in [-0.05, 0) is 46.5 Å². The van der Waals surface area contributed by atoms with Crippen molar-refractivity contribution in [2.24, 2.45) is 5.92 Å². The molecule has 1 amide bonds. The Bertz CT molecular complexity index is 409. The van der Waals surface area contributed by atoms with E-state index in [2.05, 4.69) is 27.7 Å². The number of nitrogens with zero attached hydrogens (tertiary/aromatic N) is 1. The van der Waals surface area contributed by atoms with E-state index in [1.54, 1.807) is 0 Å². The SMILES string of the molecule is CC1(C)OB(C23CCN(C(=O)O)CC2C3)OC1(C)C. The number of rotatable bonds is 1. The van der Waals surface area contributed by atoms with Crippen LogP contribution in [0.25, 0.3) is 0 Å². The zero-order valence-electron chi connectivity index (χ0n) is 12.1. The highest BCUT2D eigenvalue weighted by atomic mass is 16.7. The zero-order valence-corrected chi connectivity index (χ0v) is 12.1. The van der Waals surface area contributed by atoms with E-state index in [-0.39, 0.29) is 23.6 Å². The quantitative estimate of drug-likeness (QED) is 0.740. The Labute approximate surface area is 114 Å². The van der Waals surface area contributed by atoms with Crippen LogP contribution in [0.5, 0.6) is 0 Å². The van der Waals surface area contributed by atoms with Crippen LogP contribution >= 0.6 is 0 Å². The summed E-state index contributed by atoms with van der Waals surface area (Å²) in [5.74, 6) is 0.395. The second kappa shape index (κ2) is 3.67. The summed E-state index contributed by atoms with van der Waals surface area (Å²) in [5, 5.41) is 9.11. The van der Waals surface area contributed by atoms with E-state index < -0.39 is 6.09 Å². The summed E-state index contributed by atoms with van der Waals surface area (Å²) < 4.78 is 12.3. The van der Waals surface area contributed by atoms with Crippen LogP contribution in [0.15, 0.2) is 0 Å². The molecule has 3 rings (SSSR count). The highest BCUT2D eigenvalue weighted by Crippen LogP contribution is 2.68. The van der Waals surface area contributed by atoms with Crippen LogP contribution in [0.3, 0.4) is 0 Å². The minimum absolute atomic E-state index is 0.0526. The van der Waals surface area contributed by atoms with Gasteiger partial charge >= 0.3 is 13.2 Å². The summed E-state index contributed by atoms with van der Waals surface area (Å²) in [5.41, 5.74) is -0.604. The van der Waals surface area contributed by atoms with Crippen molar-refractivity contribution < 1.29 is 19.2 Å². The van der Waals surface area contributed by atoms with Crippen molar-refractivity contribution in [3.63, 3.8) is 0 Å². The number of hydrogen-bond donors (Lipinski definition) is 1. The molecule has 0 bridgehead atoms. The molecule has 3 aliphatic rings. The van der Waals surface area contributed by atoms with Crippen LogP contribution in [-0.4, -0.2) is 47.5 Å². The van der Waals surface area contributed by atoms with Gasteiger partial charge in [0.2, 0.25) is 0 Å². The molecule has 0 aromatic heterocycles. The molecule has 6 heteroatoms. The fraction of sp³-hybridized carbons (Fsp3) is 0.923. The molecule has 2 atom stereocenters. The summed E-state index contributed by atoms with van der Waals surface area (Å²) in [6.45, 7) is 9.47. The maximum Gasteiger partial charge on any atom is 0.464 e. The summed E-state index contributed by atoms with van der Waals surface area (Å²) in [6, 6.07) is 0. The van der Waals surface area contributed by atoms with E-state index in [0.717, 1.165) is 12.8 Å². The van der Waals surface area contributed by atoms with Crippen molar-refractivity contribution in [3.8, 4) is 0 Å². The van der Waals surface area contributed by atoms with E-state index in [9.17, 15) is 4.79 Å². The van der Waals surface area contributed by atoms with E-state index >= 15 is 0 Å². The largest absolute Gasteiger partial charge is 0.465 e. The topological polar surface area (TPSA) is 59.0 Å². The molecule has 2 unspecified atom stereocenters. The highest BCUT2D eigenvalue weighted by Gasteiger charge is 2.70. The molecular weight excluding hydrogens is 245 g/mol. The predicted octanol–water partition coefficient (Wildman–Crippen LogP) is 2.22. The fourth-order valence-corrected chi connectivity index (χ4v) is 3.31. The first kappa shape index (κ1) is 13.2. The molecule has 2 saturated heterocycles. The van der Waals surface area contributed by atoms with Crippen molar-refractivity contribution in [2.45, 2.75) is 57.1 Å². The minimum Gasteiger partial charge on any atom is -0.465 e. The van der Waals surface area contributed by atoms with Crippen molar-refractivity contribution in [1.82, 2.24) is 4.90 Å². The Morgan fingerprint density at radius 2 is 1.84 bits per heavy atom. The van der Waals surface area contributed by atoms with Crippen LogP contribution in [0.1, 0.15) is 40.5 Å². The molecule has 1 aliphatic carbocycles. The molecular formula is C13H22BNO4. The first-order valence-electron chi connectivity index (χ1n) is 7.01. The number of hydrogen-bond acceptors (Lipinski definition) is 3. The second-order valence-electron chi connectivity index (χ2n) is 7.20. The standard InChI is InChI=1S/C13H22BNO4/c1-11(2)12(3,4)19-14(18-11)13-5-6-15(10(16)17)8-9(13)7-13/h9H,5-8H2,1-4H3,(H,16,17). The minimum atomic E-state index is -0.811. The monoisotopic (exact) mass is 267 g/mol. The molecule has 0 radical (unpaired) electrons. The van der Waals surface area contributed by atoms with Gasteiger partial charge < -0.3 is 19.3 Å². The first-order chi connectivity index (χ1) is 8.68. The maximum absolute atomic E-state index is 11.0. The van der Waals surface area contributed by atoms with E-state index in [1.165, 1.54) is 4.90 Å². The zero-order chi connectivity index (χ0) is 14.1. The van der Waals surface area contributed by atoms with Gasteiger partial charge in [-0.15, -0.1) is 0 Å². The smallest absolute Gasteiger partial charge is 0.464 e. The normalized spacial score (nSPS) is 39.1. The number of amides is 1. The molecule has 0 aromatic rings. The number of carboxylic acid groups (broad SMARTS) is 1. The molecule has 0 spiro atoms. The Hall–Kier alpha value is -0.745. The Morgan fingerprint density at radius 1 is 1.26 bits per heavy atom. The number of piperidine rings is 1. The lowest BCUT2D eigenvalue weighted by molar-refractivity contribution is 0.00578. The van der Waals surface area contributed by atoms with Gasteiger partial charge in [0.05, 0.1) is 11.2 Å². The van der Waals surface area contributed by atoms with E-state index in [0.29, 0.717) is 19.0 Å². The molecule has 5 nitrogen and oxygen atoms in total. The summed E-state index contributed by atoms with van der Waals surface area (Å²) in [7, 11) is -0.182. The van der Waals surface area contributed by atoms with Crippen molar-refractivity contribution in [3.05, 3.63) is 0 Å². The van der Waals surface area contributed by atoms with Gasteiger partial charge in [0, 0.05) is 18.4 Å². The van der Waals surface area contributed by atoms with Gasteiger partial charge in [-0.2, -0.15) is 0 Å². The van der Waals surface area contributed by atoms with E-state index in [4.69, 9.17) is 14.4 Å². The average Bonchev–Trinajstić information content (AvgIpc) is 2.96. The van der Waals surface area contributed by atoms with Crippen LogP contribution in [0.2, 0.25) is 5.31 Å². The third-order valence-electron chi connectivity index (χ3n) is 5.56. The van der Waals surface area contributed by atoms with Gasteiger partial charge in [-0.1, -0.05) is 0 Å². The van der Waals surface area contributed by atoms with Gasteiger partial charge in [0.25, 0.3) is 0 Å². The molecule has 106 valence electrons. The fourth-order valence-electron chi connectivity index (χ4n) is 3.31. The van der Waals surface area contributed by atoms with Gasteiger partial charge in [0.15, 0.2) is 0 Å². The number of fused-ring (bicyclic) bond motifs is 1. The Balaban J connectivity index is 1.72. The lowest BCUT2D eigenvalue weighted by Gasteiger charge is -2.32. The summed E-state index contributed by atoms with van der Waals surface area (Å²) >= 11 is 0. The van der Waals surface area contributed by atoms with Crippen LogP contribution in [0, 0.1) is 5.92 Å². The van der Waals surface area contributed by atoms with Crippen molar-refractivity contribution >= 4 is 13.2 Å². The third-order valence-corrected chi connectivity index (χ3v) is 5.56. The summed E-state index contributed by atoms with van der Waals surface area (Å²) in [6.07, 6.45) is 1.06. The van der Waals surface area contributed by atoms with Crippen molar-refractivity contribution in [1.29, 1.82) is 0 Å². The highest BCUT2D eigenvalue weighted by molar-refractivity contribution is 6.51. The van der Waals surface area contributed by atoms with Crippen LogP contribution in [-0.2, 0) is 9.31 Å². The molecule has 19 heavy (non-hydrogen) atoms. The van der Waals surface area contributed by atoms with Gasteiger partial charge in [0.1, 0.15) is 0 Å². The Kier molecular flexibility index (Phi) is 2.56. The average molecular weight is 267 g/mol. The van der Waals surface area contributed by atoms with Gasteiger partial charge in [-0.25, -0.2) is 4.79 Å².